The van der Waals surface area contributed by atoms with E-state index in [-0.39, 0.29) is 5.91 Å². The van der Waals surface area contributed by atoms with Crippen molar-refractivity contribution in [1.29, 1.82) is 0 Å². The standard InChI is InChI=1S/C22H25ClN2O/c23-19-16-18(10-11-20(19)25-14-6-7-15-25)24-21(26)22(12-4-5-13-22)17-8-2-1-3-9-17/h1-3,8-11,16H,4-7,12-15H2,(H,24,26). The van der Waals surface area contributed by atoms with E-state index in [2.05, 4.69) is 22.3 Å². The zero-order chi connectivity index (χ0) is 18.0. The summed E-state index contributed by atoms with van der Waals surface area (Å²) >= 11 is 6.51. The van der Waals surface area contributed by atoms with Crippen molar-refractivity contribution in [1.82, 2.24) is 0 Å². The zero-order valence-corrected chi connectivity index (χ0v) is 15.8. The average Bonchev–Trinajstić information content (AvgIpc) is 3.35. The van der Waals surface area contributed by atoms with E-state index in [1.807, 2.05) is 36.4 Å². The highest BCUT2D eigenvalue weighted by Crippen LogP contribution is 2.42. The predicted octanol–water partition coefficient (Wildman–Crippen LogP) is 5.39. The van der Waals surface area contributed by atoms with Crippen LogP contribution in [0.25, 0.3) is 0 Å². The molecule has 1 N–H and O–H groups in total. The number of nitrogens with zero attached hydrogens (tertiary/aromatic N) is 1. The number of halogens is 1. The van der Waals surface area contributed by atoms with Crippen LogP contribution in [0.4, 0.5) is 11.4 Å². The Balaban J connectivity index is 1.56. The number of carbonyl (C=O) groups excluding carboxylic acids is 1. The van der Waals surface area contributed by atoms with Crippen LogP contribution < -0.4 is 10.2 Å². The van der Waals surface area contributed by atoms with Gasteiger partial charge in [-0.3, -0.25) is 4.79 Å². The zero-order valence-electron chi connectivity index (χ0n) is 15.0. The van der Waals surface area contributed by atoms with Crippen LogP contribution in [0, 0.1) is 0 Å². The monoisotopic (exact) mass is 368 g/mol. The number of benzene rings is 2. The van der Waals surface area contributed by atoms with Gasteiger partial charge in [0.25, 0.3) is 0 Å². The molecule has 1 saturated carbocycles. The Hall–Kier alpha value is -2.00. The van der Waals surface area contributed by atoms with Crippen molar-refractivity contribution in [2.45, 2.75) is 43.9 Å². The topological polar surface area (TPSA) is 32.3 Å². The number of hydrogen-bond acceptors (Lipinski definition) is 2. The Morgan fingerprint density at radius 1 is 0.962 bits per heavy atom. The molecule has 0 bridgehead atoms. The van der Waals surface area contributed by atoms with Crippen molar-refractivity contribution in [3.8, 4) is 0 Å². The van der Waals surface area contributed by atoms with Crippen molar-refractivity contribution in [3.63, 3.8) is 0 Å². The molecule has 26 heavy (non-hydrogen) atoms. The molecule has 2 aromatic rings. The van der Waals surface area contributed by atoms with E-state index in [4.69, 9.17) is 11.6 Å². The minimum absolute atomic E-state index is 0.0891. The van der Waals surface area contributed by atoms with Gasteiger partial charge in [-0.15, -0.1) is 0 Å². The van der Waals surface area contributed by atoms with Gasteiger partial charge in [0.2, 0.25) is 5.91 Å². The Morgan fingerprint density at radius 3 is 2.31 bits per heavy atom. The van der Waals surface area contributed by atoms with Crippen molar-refractivity contribution in [2.75, 3.05) is 23.3 Å². The molecule has 0 aromatic heterocycles. The first-order chi connectivity index (χ1) is 12.7. The van der Waals surface area contributed by atoms with E-state index in [9.17, 15) is 4.79 Å². The molecule has 2 aromatic carbocycles. The molecular formula is C22H25ClN2O. The summed E-state index contributed by atoms with van der Waals surface area (Å²) < 4.78 is 0. The summed E-state index contributed by atoms with van der Waals surface area (Å²) in [5.74, 6) is 0.0891. The maximum absolute atomic E-state index is 13.2. The Labute approximate surface area is 160 Å². The molecule has 0 unspecified atom stereocenters. The van der Waals surface area contributed by atoms with Crippen LogP contribution in [-0.4, -0.2) is 19.0 Å². The van der Waals surface area contributed by atoms with Gasteiger partial charge in [-0.1, -0.05) is 54.8 Å². The molecule has 1 aliphatic heterocycles. The van der Waals surface area contributed by atoms with Gasteiger partial charge in [-0.25, -0.2) is 0 Å². The normalized spacial score (nSPS) is 18.9. The molecule has 2 aliphatic rings. The second-order valence-electron chi connectivity index (χ2n) is 7.47. The van der Waals surface area contributed by atoms with Crippen LogP contribution in [0.3, 0.4) is 0 Å². The second-order valence-corrected chi connectivity index (χ2v) is 7.88. The minimum atomic E-state index is -0.415. The van der Waals surface area contributed by atoms with Gasteiger partial charge in [0.05, 0.1) is 16.1 Å². The second kappa shape index (κ2) is 7.32. The van der Waals surface area contributed by atoms with Crippen LogP contribution >= 0.6 is 11.6 Å². The maximum atomic E-state index is 13.2. The number of rotatable bonds is 4. The molecule has 2 fully saturated rings. The summed E-state index contributed by atoms with van der Waals surface area (Å²) in [5.41, 5.74) is 2.56. The van der Waals surface area contributed by atoms with E-state index in [0.717, 1.165) is 55.7 Å². The highest BCUT2D eigenvalue weighted by molar-refractivity contribution is 6.33. The van der Waals surface area contributed by atoms with Crippen molar-refractivity contribution < 1.29 is 4.79 Å². The van der Waals surface area contributed by atoms with Gasteiger partial charge in [-0.2, -0.15) is 0 Å². The molecule has 3 nitrogen and oxygen atoms in total. The van der Waals surface area contributed by atoms with Crippen LogP contribution in [0.5, 0.6) is 0 Å². The van der Waals surface area contributed by atoms with Crippen molar-refractivity contribution >= 4 is 28.9 Å². The number of nitrogens with one attached hydrogen (secondary N) is 1. The number of anilines is 2. The molecule has 1 heterocycles. The molecule has 1 amide bonds. The van der Waals surface area contributed by atoms with E-state index in [1.165, 1.54) is 12.8 Å². The molecule has 0 atom stereocenters. The smallest absolute Gasteiger partial charge is 0.235 e. The van der Waals surface area contributed by atoms with Gasteiger partial charge in [-0.05, 0) is 49.4 Å². The highest BCUT2D eigenvalue weighted by atomic mass is 35.5. The Bertz CT molecular complexity index is 778. The fourth-order valence-corrected chi connectivity index (χ4v) is 4.73. The molecule has 0 radical (unpaired) electrons. The number of hydrogen-bond donors (Lipinski definition) is 1. The Morgan fingerprint density at radius 2 is 1.65 bits per heavy atom. The van der Waals surface area contributed by atoms with Crippen LogP contribution in [0.1, 0.15) is 44.1 Å². The van der Waals surface area contributed by atoms with Crippen LogP contribution in [-0.2, 0) is 10.2 Å². The maximum Gasteiger partial charge on any atom is 0.235 e. The first kappa shape index (κ1) is 17.4. The average molecular weight is 369 g/mol. The summed E-state index contributed by atoms with van der Waals surface area (Å²) in [4.78, 5) is 15.5. The molecule has 4 rings (SSSR count). The minimum Gasteiger partial charge on any atom is -0.370 e. The van der Waals surface area contributed by atoms with E-state index in [1.54, 1.807) is 0 Å². The van der Waals surface area contributed by atoms with Crippen molar-refractivity contribution in [3.05, 3.63) is 59.1 Å². The summed E-state index contributed by atoms with van der Waals surface area (Å²) in [6, 6.07) is 16.1. The van der Waals surface area contributed by atoms with Gasteiger partial charge >= 0.3 is 0 Å². The lowest BCUT2D eigenvalue weighted by Crippen LogP contribution is -2.38. The first-order valence-corrected chi connectivity index (χ1v) is 9.98. The summed E-state index contributed by atoms with van der Waals surface area (Å²) in [6.07, 6.45) is 6.43. The molecule has 1 saturated heterocycles. The molecule has 1 aliphatic carbocycles. The summed E-state index contributed by atoms with van der Waals surface area (Å²) in [6.45, 7) is 2.12. The van der Waals surface area contributed by atoms with Crippen LogP contribution in [0.2, 0.25) is 5.02 Å². The summed E-state index contributed by atoms with van der Waals surface area (Å²) in [7, 11) is 0. The molecule has 136 valence electrons. The number of amides is 1. The third kappa shape index (κ3) is 3.21. The molecule has 4 heteroatoms. The van der Waals surface area contributed by atoms with Gasteiger partial charge in [0.1, 0.15) is 0 Å². The fourth-order valence-electron chi connectivity index (χ4n) is 4.43. The molecular weight excluding hydrogens is 344 g/mol. The van der Waals surface area contributed by atoms with Gasteiger partial charge in [0, 0.05) is 18.8 Å². The highest BCUT2D eigenvalue weighted by Gasteiger charge is 2.42. The lowest BCUT2D eigenvalue weighted by Gasteiger charge is -2.28. The van der Waals surface area contributed by atoms with Crippen molar-refractivity contribution in [2.24, 2.45) is 0 Å². The predicted molar refractivity (Wildman–Crippen MR) is 108 cm³/mol. The van der Waals surface area contributed by atoms with Crippen LogP contribution in [0.15, 0.2) is 48.5 Å². The van der Waals surface area contributed by atoms with Gasteiger partial charge < -0.3 is 10.2 Å². The van der Waals surface area contributed by atoms with Gasteiger partial charge in [0.15, 0.2) is 0 Å². The largest absolute Gasteiger partial charge is 0.370 e. The third-order valence-electron chi connectivity index (χ3n) is 5.87. The summed E-state index contributed by atoms with van der Waals surface area (Å²) in [5, 5.41) is 3.85. The third-order valence-corrected chi connectivity index (χ3v) is 6.17. The van der Waals surface area contributed by atoms with E-state index in [0.29, 0.717) is 5.02 Å². The number of carbonyl (C=O) groups is 1. The fraction of sp³-hybridized carbons (Fsp3) is 0.409. The molecule has 0 spiro atoms. The van der Waals surface area contributed by atoms with E-state index >= 15 is 0 Å². The first-order valence-electron chi connectivity index (χ1n) is 9.60. The quantitative estimate of drug-likeness (QED) is 0.784. The Kier molecular flexibility index (Phi) is 4.90. The SMILES string of the molecule is O=C(Nc1ccc(N2CCCC2)c(Cl)c1)C1(c2ccccc2)CCCC1. The van der Waals surface area contributed by atoms with E-state index < -0.39 is 5.41 Å². The lowest BCUT2D eigenvalue weighted by atomic mass is 9.78. The lowest BCUT2D eigenvalue weighted by molar-refractivity contribution is -0.121.